The molecule has 1 aromatic carbocycles. The number of benzene rings is 1. The largest absolute Gasteiger partial charge is 0.493 e. The highest BCUT2D eigenvalue weighted by Crippen LogP contribution is 2.28. The molecule has 106 valence electrons. The Morgan fingerprint density at radius 1 is 1.21 bits per heavy atom. The lowest BCUT2D eigenvalue weighted by atomic mass is 10.1. The summed E-state index contributed by atoms with van der Waals surface area (Å²) >= 11 is 0. The summed E-state index contributed by atoms with van der Waals surface area (Å²) < 4.78 is 11.0. The molecule has 0 bridgehead atoms. The highest BCUT2D eigenvalue weighted by molar-refractivity contribution is 5.98. The van der Waals surface area contributed by atoms with Crippen molar-refractivity contribution < 1.29 is 14.7 Å². The quantitative estimate of drug-likeness (QED) is 0.336. The molecule has 1 aromatic rings. The second-order valence-corrected chi connectivity index (χ2v) is 4.46. The van der Waals surface area contributed by atoms with Gasteiger partial charge in [-0.15, -0.1) is 0 Å². The van der Waals surface area contributed by atoms with Gasteiger partial charge < -0.3 is 14.7 Å². The first-order valence-corrected chi connectivity index (χ1v) is 6.72. The number of nitrogens with zero attached hydrogens (tertiary/aromatic N) is 1. The van der Waals surface area contributed by atoms with Gasteiger partial charge in [0, 0.05) is 5.56 Å². The lowest BCUT2D eigenvalue weighted by molar-refractivity contribution is 0.285. The molecule has 0 saturated carbocycles. The number of hydrogen-bond acceptors (Lipinski definition) is 4. The molecule has 0 aliphatic rings. The second kappa shape index (κ2) is 8.40. The minimum absolute atomic E-state index is 0.549. The van der Waals surface area contributed by atoms with E-state index in [2.05, 4.69) is 12.1 Å². The maximum absolute atomic E-state index is 8.76. The van der Waals surface area contributed by atoms with Crippen molar-refractivity contribution in [2.75, 3.05) is 13.7 Å². The molecule has 0 atom stereocenters. The van der Waals surface area contributed by atoms with Crippen LogP contribution in [0.3, 0.4) is 0 Å². The van der Waals surface area contributed by atoms with Crippen LogP contribution in [0, 0.1) is 0 Å². The molecule has 0 radical (unpaired) electrons. The van der Waals surface area contributed by atoms with E-state index in [0.717, 1.165) is 17.7 Å². The maximum Gasteiger partial charge on any atom is 0.161 e. The Kier molecular flexibility index (Phi) is 6.79. The van der Waals surface area contributed by atoms with Crippen LogP contribution in [-0.2, 0) is 0 Å². The van der Waals surface area contributed by atoms with Gasteiger partial charge in [0.15, 0.2) is 11.5 Å². The van der Waals surface area contributed by atoms with Crippen LogP contribution in [0.5, 0.6) is 11.5 Å². The Morgan fingerprint density at radius 2 is 2.00 bits per heavy atom. The maximum atomic E-state index is 8.76. The van der Waals surface area contributed by atoms with Gasteiger partial charge in [0.2, 0.25) is 0 Å². The van der Waals surface area contributed by atoms with E-state index < -0.39 is 0 Å². The fourth-order valence-corrected chi connectivity index (χ4v) is 1.78. The summed E-state index contributed by atoms with van der Waals surface area (Å²) in [6.45, 7) is 4.62. The van der Waals surface area contributed by atoms with Gasteiger partial charge >= 0.3 is 0 Å². The summed E-state index contributed by atoms with van der Waals surface area (Å²) in [7, 11) is 1.61. The Labute approximate surface area is 115 Å². The van der Waals surface area contributed by atoms with E-state index >= 15 is 0 Å². The van der Waals surface area contributed by atoms with Gasteiger partial charge in [-0.05, 0) is 31.5 Å². The van der Waals surface area contributed by atoms with Crippen molar-refractivity contribution in [3.8, 4) is 11.5 Å². The highest BCUT2D eigenvalue weighted by Gasteiger charge is 2.07. The summed E-state index contributed by atoms with van der Waals surface area (Å²) in [5.74, 6) is 1.39. The van der Waals surface area contributed by atoms with Crippen LogP contribution >= 0.6 is 0 Å². The molecule has 1 rings (SSSR count). The fourth-order valence-electron chi connectivity index (χ4n) is 1.78. The van der Waals surface area contributed by atoms with Gasteiger partial charge in [-0.2, -0.15) is 0 Å². The van der Waals surface area contributed by atoms with Crippen molar-refractivity contribution in [3.05, 3.63) is 23.8 Å². The van der Waals surface area contributed by atoms with Gasteiger partial charge in [0.05, 0.1) is 19.4 Å². The zero-order chi connectivity index (χ0) is 14.1. The van der Waals surface area contributed by atoms with Crippen molar-refractivity contribution in [1.82, 2.24) is 0 Å². The topological polar surface area (TPSA) is 51.0 Å². The summed E-state index contributed by atoms with van der Waals surface area (Å²) in [5, 5.41) is 11.9. The number of methoxy groups -OCH3 is 1. The predicted molar refractivity (Wildman–Crippen MR) is 76.6 cm³/mol. The molecule has 19 heavy (non-hydrogen) atoms. The van der Waals surface area contributed by atoms with Gasteiger partial charge in [-0.25, -0.2) is 0 Å². The highest BCUT2D eigenvalue weighted by atomic mass is 16.5. The molecule has 4 nitrogen and oxygen atoms in total. The first-order valence-electron chi connectivity index (χ1n) is 6.72. The van der Waals surface area contributed by atoms with Crippen molar-refractivity contribution in [2.24, 2.45) is 5.16 Å². The predicted octanol–water partition coefficient (Wildman–Crippen LogP) is 3.85. The van der Waals surface area contributed by atoms with Gasteiger partial charge in [-0.1, -0.05) is 31.3 Å². The molecule has 0 spiro atoms. The minimum Gasteiger partial charge on any atom is -0.493 e. The average molecular weight is 265 g/mol. The second-order valence-electron chi connectivity index (χ2n) is 4.46. The van der Waals surface area contributed by atoms with E-state index in [-0.39, 0.29) is 0 Å². The van der Waals surface area contributed by atoms with Crippen LogP contribution in [0.15, 0.2) is 23.4 Å². The monoisotopic (exact) mass is 265 g/mol. The van der Waals surface area contributed by atoms with Crippen LogP contribution in [0.1, 0.15) is 45.1 Å². The first kappa shape index (κ1) is 15.3. The Morgan fingerprint density at radius 3 is 2.63 bits per heavy atom. The summed E-state index contributed by atoms with van der Waals surface area (Å²) in [6, 6.07) is 5.53. The molecule has 0 unspecified atom stereocenters. The molecule has 0 aliphatic carbocycles. The minimum atomic E-state index is 0.549. The molecular weight excluding hydrogens is 242 g/mol. The molecule has 1 N–H and O–H groups in total. The Balaban J connectivity index is 2.63. The summed E-state index contributed by atoms with van der Waals surface area (Å²) in [6.07, 6.45) is 4.70. The van der Waals surface area contributed by atoms with Gasteiger partial charge in [0.1, 0.15) is 0 Å². The SMILES string of the molecule is CCCCCCOc1ccc(/C(C)=N/O)cc1OC. The number of unbranched alkanes of at least 4 members (excludes halogenated alkanes) is 3. The van der Waals surface area contributed by atoms with Crippen molar-refractivity contribution in [2.45, 2.75) is 39.5 Å². The number of ether oxygens (including phenoxy) is 2. The molecule has 4 heteroatoms. The van der Waals surface area contributed by atoms with Crippen LogP contribution in [0.2, 0.25) is 0 Å². The Bertz CT molecular complexity index is 416. The molecular formula is C15H23NO3. The lowest BCUT2D eigenvalue weighted by Gasteiger charge is -2.11. The van der Waals surface area contributed by atoms with Crippen LogP contribution in [0.4, 0.5) is 0 Å². The molecule has 0 heterocycles. The third kappa shape index (κ3) is 4.81. The fraction of sp³-hybridized carbons (Fsp3) is 0.533. The smallest absolute Gasteiger partial charge is 0.161 e. The van der Waals surface area contributed by atoms with Crippen LogP contribution in [0.25, 0.3) is 0 Å². The number of hydrogen-bond donors (Lipinski definition) is 1. The summed E-state index contributed by atoms with van der Waals surface area (Å²) in [4.78, 5) is 0. The third-order valence-corrected chi connectivity index (χ3v) is 2.99. The molecule has 0 aliphatic heterocycles. The number of oxime groups is 1. The van der Waals surface area contributed by atoms with Crippen LogP contribution < -0.4 is 9.47 Å². The standard InChI is InChI=1S/C15H23NO3/c1-4-5-6-7-10-19-14-9-8-13(12(2)16-17)11-15(14)18-3/h8-9,11,17H,4-7,10H2,1-3H3/b16-12+. The van der Waals surface area contributed by atoms with E-state index in [1.54, 1.807) is 14.0 Å². The zero-order valence-electron chi connectivity index (χ0n) is 12.0. The van der Waals surface area contributed by atoms with Crippen molar-refractivity contribution >= 4 is 5.71 Å². The van der Waals surface area contributed by atoms with Gasteiger partial charge in [-0.3, -0.25) is 0 Å². The third-order valence-electron chi connectivity index (χ3n) is 2.99. The van der Waals surface area contributed by atoms with E-state index in [0.29, 0.717) is 18.1 Å². The molecule has 0 aromatic heterocycles. The van der Waals surface area contributed by atoms with Gasteiger partial charge in [0.25, 0.3) is 0 Å². The molecule has 0 fully saturated rings. The lowest BCUT2D eigenvalue weighted by Crippen LogP contribution is -2.01. The summed E-state index contributed by atoms with van der Waals surface area (Å²) in [5.41, 5.74) is 1.37. The molecule has 0 amide bonds. The van der Waals surface area contributed by atoms with Crippen LogP contribution in [-0.4, -0.2) is 24.6 Å². The van der Waals surface area contributed by atoms with Crippen molar-refractivity contribution in [1.29, 1.82) is 0 Å². The van der Waals surface area contributed by atoms with E-state index in [1.165, 1.54) is 19.3 Å². The number of rotatable bonds is 8. The zero-order valence-corrected chi connectivity index (χ0v) is 12.0. The van der Waals surface area contributed by atoms with E-state index in [9.17, 15) is 0 Å². The van der Waals surface area contributed by atoms with Crippen molar-refractivity contribution in [3.63, 3.8) is 0 Å². The average Bonchev–Trinajstić information content (AvgIpc) is 2.46. The Hall–Kier alpha value is -1.71. The molecule has 0 saturated heterocycles. The van der Waals surface area contributed by atoms with E-state index in [4.69, 9.17) is 14.7 Å². The normalized spacial score (nSPS) is 11.4. The van der Waals surface area contributed by atoms with E-state index in [1.807, 2.05) is 18.2 Å². The first-order chi connectivity index (χ1) is 9.22.